The lowest BCUT2D eigenvalue weighted by Gasteiger charge is -2.27. The summed E-state index contributed by atoms with van der Waals surface area (Å²) in [6.45, 7) is 2.74. The van der Waals surface area contributed by atoms with E-state index < -0.39 is 0 Å². The Labute approximate surface area is 121 Å². The molecule has 1 aliphatic rings. The van der Waals surface area contributed by atoms with Gasteiger partial charge in [0.15, 0.2) is 0 Å². The first-order valence-corrected chi connectivity index (χ1v) is 7.63. The van der Waals surface area contributed by atoms with E-state index in [1.165, 1.54) is 25.7 Å². The summed E-state index contributed by atoms with van der Waals surface area (Å²) < 4.78 is 5.71. The van der Waals surface area contributed by atoms with Crippen LogP contribution in [0.2, 0.25) is 0 Å². The molecule has 0 aromatic heterocycles. The van der Waals surface area contributed by atoms with Gasteiger partial charge in [0, 0.05) is 24.8 Å². The summed E-state index contributed by atoms with van der Waals surface area (Å²) >= 11 is 0. The van der Waals surface area contributed by atoms with Gasteiger partial charge < -0.3 is 15.6 Å². The highest BCUT2D eigenvalue weighted by molar-refractivity contribution is 5.41. The smallest absolute Gasteiger partial charge is 0.119 e. The molecule has 4 nitrogen and oxygen atoms in total. The maximum Gasteiger partial charge on any atom is 0.119 e. The van der Waals surface area contributed by atoms with Crippen molar-refractivity contribution in [3.63, 3.8) is 0 Å². The van der Waals surface area contributed by atoms with Crippen LogP contribution in [0.3, 0.4) is 0 Å². The van der Waals surface area contributed by atoms with Gasteiger partial charge in [-0.3, -0.25) is 4.90 Å². The molecule has 0 amide bonds. The van der Waals surface area contributed by atoms with Crippen LogP contribution in [0.4, 0.5) is 5.69 Å². The Morgan fingerprint density at radius 2 is 1.85 bits per heavy atom. The van der Waals surface area contributed by atoms with E-state index in [2.05, 4.69) is 4.90 Å². The Hall–Kier alpha value is -1.26. The van der Waals surface area contributed by atoms with E-state index in [1.54, 1.807) is 0 Å². The Morgan fingerprint density at radius 3 is 2.50 bits per heavy atom. The molecule has 0 bridgehead atoms. The summed E-state index contributed by atoms with van der Waals surface area (Å²) in [6, 6.07) is 8.17. The Kier molecular flexibility index (Phi) is 6.15. The topological polar surface area (TPSA) is 58.7 Å². The minimum Gasteiger partial charge on any atom is -0.494 e. The van der Waals surface area contributed by atoms with Crippen LogP contribution in [0.25, 0.3) is 0 Å². The van der Waals surface area contributed by atoms with E-state index in [9.17, 15) is 5.11 Å². The van der Waals surface area contributed by atoms with Gasteiger partial charge in [-0.25, -0.2) is 0 Å². The molecular formula is C16H26N2O2. The van der Waals surface area contributed by atoms with Gasteiger partial charge in [0.2, 0.25) is 0 Å². The van der Waals surface area contributed by atoms with Gasteiger partial charge in [-0.15, -0.1) is 0 Å². The molecule has 1 aliphatic carbocycles. The summed E-state index contributed by atoms with van der Waals surface area (Å²) in [7, 11) is 0. The molecule has 20 heavy (non-hydrogen) atoms. The fourth-order valence-corrected chi connectivity index (χ4v) is 2.90. The SMILES string of the molecule is Nc1ccc(OCCCN(CCO)C2CCCC2)cc1. The van der Waals surface area contributed by atoms with Crippen LogP contribution in [0.5, 0.6) is 5.75 Å². The van der Waals surface area contributed by atoms with Crippen LogP contribution in [-0.2, 0) is 0 Å². The van der Waals surface area contributed by atoms with E-state index in [0.717, 1.165) is 30.9 Å². The van der Waals surface area contributed by atoms with Gasteiger partial charge >= 0.3 is 0 Å². The first kappa shape index (κ1) is 15.1. The Bertz CT molecular complexity index is 375. The van der Waals surface area contributed by atoms with Gasteiger partial charge in [-0.2, -0.15) is 0 Å². The molecule has 0 saturated heterocycles. The lowest BCUT2D eigenvalue weighted by molar-refractivity contribution is 0.142. The highest BCUT2D eigenvalue weighted by Crippen LogP contribution is 2.23. The Balaban J connectivity index is 1.68. The molecule has 0 aliphatic heterocycles. The quantitative estimate of drug-likeness (QED) is 0.566. The summed E-state index contributed by atoms with van der Waals surface area (Å²) in [6.07, 6.45) is 6.20. The number of nitrogen functional groups attached to an aromatic ring is 1. The number of ether oxygens (including phenoxy) is 1. The van der Waals surface area contributed by atoms with Crippen molar-refractivity contribution in [2.45, 2.75) is 38.1 Å². The molecule has 1 saturated carbocycles. The van der Waals surface area contributed by atoms with Crippen LogP contribution < -0.4 is 10.5 Å². The average Bonchev–Trinajstić information content (AvgIpc) is 2.98. The lowest BCUT2D eigenvalue weighted by atomic mass is 10.2. The minimum absolute atomic E-state index is 0.245. The predicted octanol–water partition coefficient (Wildman–Crippen LogP) is 2.27. The molecule has 1 aromatic carbocycles. The zero-order chi connectivity index (χ0) is 14.2. The molecule has 3 N–H and O–H groups in total. The van der Waals surface area contributed by atoms with E-state index >= 15 is 0 Å². The number of aliphatic hydroxyl groups is 1. The third-order valence-electron chi connectivity index (χ3n) is 3.97. The molecule has 2 rings (SSSR count). The summed E-state index contributed by atoms with van der Waals surface area (Å²) in [4.78, 5) is 2.42. The normalized spacial score (nSPS) is 15.9. The minimum atomic E-state index is 0.245. The number of hydrogen-bond donors (Lipinski definition) is 2. The summed E-state index contributed by atoms with van der Waals surface area (Å²) in [5.74, 6) is 0.869. The highest BCUT2D eigenvalue weighted by atomic mass is 16.5. The van der Waals surface area contributed by atoms with Crippen LogP contribution in [0, 0.1) is 0 Å². The second kappa shape index (κ2) is 8.12. The zero-order valence-corrected chi connectivity index (χ0v) is 12.1. The number of nitrogens with two attached hydrogens (primary N) is 1. The van der Waals surface area contributed by atoms with Crippen molar-refractivity contribution in [1.82, 2.24) is 4.90 Å². The van der Waals surface area contributed by atoms with Crippen molar-refractivity contribution in [1.29, 1.82) is 0 Å². The van der Waals surface area contributed by atoms with Crippen LogP contribution in [-0.4, -0.2) is 42.4 Å². The fourth-order valence-electron chi connectivity index (χ4n) is 2.90. The van der Waals surface area contributed by atoms with Gasteiger partial charge in [-0.05, 0) is 43.5 Å². The third kappa shape index (κ3) is 4.69. The molecule has 4 heteroatoms. The number of rotatable bonds is 8. The molecule has 1 fully saturated rings. The number of anilines is 1. The van der Waals surface area contributed by atoms with Gasteiger partial charge in [-0.1, -0.05) is 12.8 Å². The van der Waals surface area contributed by atoms with Gasteiger partial charge in [0.25, 0.3) is 0 Å². The molecule has 0 radical (unpaired) electrons. The molecule has 0 atom stereocenters. The van der Waals surface area contributed by atoms with Gasteiger partial charge in [0.05, 0.1) is 13.2 Å². The second-order valence-electron chi connectivity index (χ2n) is 5.47. The fraction of sp³-hybridized carbons (Fsp3) is 0.625. The maximum absolute atomic E-state index is 9.17. The lowest BCUT2D eigenvalue weighted by Crippen LogP contribution is -2.36. The number of aliphatic hydroxyl groups excluding tert-OH is 1. The first-order valence-electron chi connectivity index (χ1n) is 7.63. The number of benzene rings is 1. The summed E-state index contributed by atoms with van der Waals surface area (Å²) in [5.41, 5.74) is 6.40. The van der Waals surface area contributed by atoms with E-state index in [4.69, 9.17) is 10.5 Å². The van der Waals surface area contributed by atoms with E-state index in [0.29, 0.717) is 12.6 Å². The highest BCUT2D eigenvalue weighted by Gasteiger charge is 2.21. The largest absolute Gasteiger partial charge is 0.494 e. The molecule has 1 aromatic rings. The molecule has 0 unspecified atom stereocenters. The van der Waals surface area contributed by atoms with Crippen molar-refractivity contribution in [2.24, 2.45) is 0 Å². The molecule has 0 heterocycles. The zero-order valence-electron chi connectivity index (χ0n) is 12.1. The van der Waals surface area contributed by atoms with Crippen molar-refractivity contribution in [3.8, 4) is 5.75 Å². The van der Waals surface area contributed by atoms with Crippen molar-refractivity contribution >= 4 is 5.69 Å². The van der Waals surface area contributed by atoms with E-state index in [1.807, 2.05) is 24.3 Å². The van der Waals surface area contributed by atoms with Crippen LogP contribution >= 0.6 is 0 Å². The van der Waals surface area contributed by atoms with Gasteiger partial charge in [0.1, 0.15) is 5.75 Å². The average molecular weight is 278 g/mol. The number of hydrogen-bond acceptors (Lipinski definition) is 4. The Morgan fingerprint density at radius 1 is 1.15 bits per heavy atom. The summed E-state index contributed by atoms with van der Waals surface area (Å²) in [5, 5.41) is 9.17. The monoisotopic (exact) mass is 278 g/mol. The standard InChI is InChI=1S/C16H26N2O2/c17-14-6-8-16(9-7-14)20-13-3-10-18(11-12-19)15-4-1-2-5-15/h6-9,15,19H,1-5,10-13,17H2. The second-order valence-corrected chi connectivity index (χ2v) is 5.47. The third-order valence-corrected chi connectivity index (χ3v) is 3.97. The molecular weight excluding hydrogens is 252 g/mol. The van der Waals surface area contributed by atoms with Crippen LogP contribution in [0.15, 0.2) is 24.3 Å². The number of nitrogens with zero attached hydrogens (tertiary/aromatic N) is 1. The van der Waals surface area contributed by atoms with Crippen molar-refractivity contribution in [2.75, 3.05) is 32.0 Å². The van der Waals surface area contributed by atoms with Crippen LogP contribution in [0.1, 0.15) is 32.1 Å². The first-order chi connectivity index (χ1) is 9.79. The van der Waals surface area contributed by atoms with Crippen molar-refractivity contribution < 1.29 is 9.84 Å². The predicted molar refractivity (Wildman–Crippen MR) is 81.9 cm³/mol. The van der Waals surface area contributed by atoms with Crippen molar-refractivity contribution in [3.05, 3.63) is 24.3 Å². The maximum atomic E-state index is 9.17. The molecule has 112 valence electrons. The van der Waals surface area contributed by atoms with E-state index in [-0.39, 0.29) is 6.61 Å². The molecule has 0 spiro atoms.